The number of rotatable bonds is 2. The number of phenolic OH excluding ortho intramolecular Hbond substituents is 1. The Hall–Kier alpha value is -4.32. The number of aryl methyl sites for hydroxylation is 1. The number of carbonyl (C=O) groups is 2. The van der Waals surface area contributed by atoms with Gasteiger partial charge in [-0.1, -0.05) is 30.3 Å². The molecule has 0 aliphatic carbocycles. The van der Waals surface area contributed by atoms with Crippen molar-refractivity contribution < 1.29 is 24.2 Å². The number of ether oxygens (including phenoxy) is 2. The Morgan fingerprint density at radius 2 is 1.88 bits per heavy atom. The van der Waals surface area contributed by atoms with Gasteiger partial charge in [-0.25, -0.2) is 0 Å². The van der Waals surface area contributed by atoms with Crippen LogP contribution in [0.5, 0.6) is 17.2 Å². The smallest absolute Gasteiger partial charge is 0.312 e. The Morgan fingerprint density at radius 3 is 2.73 bits per heavy atom. The predicted molar refractivity (Wildman–Crippen MR) is 122 cm³/mol. The Balaban J connectivity index is 1.48. The van der Waals surface area contributed by atoms with E-state index in [1.165, 1.54) is 0 Å². The number of carbonyl (C=O) groups excluding carboxylic acids is 2. The van der Waals surface area contributed by atoms with Crippen molar-refractivity contribution in [3.05, 3.63) is 94.9 Å². The van der Waals surface area contributed by atoms with Crippen LogP contribution in [0.4, 0.5) is 0 Å². The summed E-state index contributed by atoms with van der Waals surface area (Å²) in [6, 6.07) is 18.0. The zero-order valence-electron chi connectivity index (χ0n) is 17.7. The van der Waals surface area contributed by atoms with Crippen LogP contribution in [-0.2, 0) is 11.8 Å². The third-order valence-corrected chi connectivity index (χ3v) is 6.27. The summed E-state index contributed by atoms with van der Waals surface area (Å²) in [6.07, 6.45) is 3.81. The van der Waals surface area contributed by atoms with Gasteiger partial charge in [-0.15, -0.1) is 0 Å². The number of aromatic nitrogens is 1. The van der Waals surface area contributed by atoms with Gasteiger partial charge < -0.3 is 19.1 Å². The van der Waals surface area contributed by atoms with E-state index in [1.54, 1.807) is 36.4 Å². The van der Waals surface area contributed by atoms with Crippen molar-refractivity contribution >= 4 is 28.7 Å². The number of nitrogens with zero attached hydrogens (tertiary/aromatic N) is 1. The number of Topliss-reactive ketones (excluding diaryl/α,β-unsaturated/α-hetero) is 1. The van der Waals surface area contributed by atoms with E-state index in [0.29, 0.717) is 22.6 Å². The summed E-state index contributed by atoms with van der Waals surface area (Å²) in [5.41, 5.74) is 3.77. The third kappa shape index (κ3) is 3.03. The lowest BCUT2D eigenvalue weighted by Gasteiger charge is -2.26. The molecular formula is C27H19NO5. The Kier molecular flexibility index (Phi) is 4.17. The van der Waals surface area contributed by atoms with E-state index in [-0.39, 0.29) is 29.7 Å². The second-order valence-corrected chi connectivity index (χ2v) is 8.33. The lowest BCUT2D eigenvalue weighted by molar-refractivity contribution is -0.135. The van der Waals surface area contributed by atoms with Gasteiger partial charge in [0.25, 0.3) is 0 Å². The van der Waals surface area contributed by atoms with E-state index in [2.05, 4.69) is 0 Å². The second kappa shape index (κ2) is 7.10. The number of allylic oxidation sites excluding steroid dienone is 1. The van der Waals surface area contributed by atoms with Gasteiger partial charge in [-0.05, 0) is 42.0 Å². The molecule has 6 nitrogen and oxygen atoms in total. The van der Waals surface area contributed by atoms with Crippen molar-refractivity contribution in [1.29, 1.82) is 0 Å². The van der Waals surface area contributed by atoms with E-state index in [1.807, 2.05) is 48.1 Å². The summed E-state index contributed by atoms with van der Waals surface area (Å²) < 4.78 is 13.6. The van der Waals surface area contributed by atoms with Crippen LogP contribution >= 0.6 is 0 Å². The summed E-state index contributed by atoms with van der Waals surface area (Å²) in [4.78, 5) is 25.5. The summed E-state index contributed by atoms with van der Waals surface area (Å²) in [7, 11) is 1.96. The van der Waals surface area contributed by atoms with Crippen LogP contribution in [0, 0.1) is 0 Å². The molecule has 33 heavy (non-hydrogen) atoms. The molecule has 0 radical (unpaired) electrons. The molecule has 1 aromatic heterocycles. The zero-order valence-corrected chi connectivity index (χ0v) is 17.7. The maximum Gasteiger partial charge on any atom is 0.312 e. The first kappa shape index (κ1) is 19.4. The first-order chi connectivity index (χ1) is 16.0. The molecular weight excluding hydrogens is 418 g/mol. The Morgan fingerprint density at radius 1 is 1.03 bits per heavy atom. The van der Waals surface area contributed by atoms with Crippen molar-refractivity contribution in [2.75, 3.05) is 0 Å². The zero-order chi connectivity index (χ0) is 22.7. The number of phenols is 1. The van der Waals surface area contributed by atoms with Gasteiger partial charge in [0.05, 0.1) is 12.0 Å². The molecule has 2 aliphatic heterocycles. The molecule has 2 aliphatic rings. The number of hydrogen-bond acceptors (Lipinski definition) is 5. The second-order valence-electron chi connectivity index (χ2n) is 8.33. The van der Waals surface area contributed by atoms with E-state index in [0.717, 1.165) is 22.0 Å². The predicted octanol–water partition coefficient (Wildman–Crippen LogP) is 4.94. The SMILES string of the molecule is Cn1cc(/C=C2\Oc3c(ccc4c3C(c3cccc(O)c3)CC(=O)O4)C2=O)c2ccccc21. The van der Waals surface area contributed by atoms with Gasteiger partial charge in [0.1, 0.15) is 17.2 Å². The molecule has 3 heterocycles. The van der Waals surface area contributed by atoms with Gasteiger partial charge in [-0.3, -0.25) is 9.59 Å². The van der Waals surface area contributed by atoms with Crippen molar-refractivity contribution in [1.82, 2.24) is 4.57 Å². The topological polar surface area (TPSA) is 77.8 Å². The van der Waals surface area contributed by atoms with Crippen LogP contribution in [0.3, 0.4) is 0 Å². The molecule has 0 saturated heterocycles. The van der Waals surface area contributed by atoms with Crippen LogP contribution < -0.4 is 9.47 Å². The number of esters is 1. The Labute approximate surface area is 189 Å². The van der Waals surface area contributed by atoms with Gasteiger partial charge in [-0.2, -0.15) is 0 Å². The number of aromatic hydroxyl groups is 1. The fourth-order valence-electron chi connectivity index (χ4n) is 4.76. The molecule has 0 fully saturated rings. The molecule has 162 valence electrons. The van der Waals surface area contributed by atoms with Crippen LogP contribution in [0.1, 0.15) is 39.4 Å². The summed E-state index contributed by atoms with van der Waals surface area (Å²) in [5, 5.41) is 11.0. The minimum absolute atomic E-state index is 0.0901. The summed E-state index contributed by atoms with van der Waals surface area (Å²) in [6.45, 7) is 0. The standard InChI is InChI=1S/C27H19NO5/c1-28-14-16(18-7-2-3-8-21(18)28)12-23-26(31)19-9-10-22-25(27(19)33-23)20(13-24(30)32-22)15-5-4-6-17(29)11-15/h2-12,14,20,29H,13H2,1H3/b23-12-. The summed E-state index contributed by atoms with van der Waals surface area (Å²) in [5.74, 6) is 0.129. The quantitative estimate of drug-likeness (QED) is 0.273. The van der Waals surface area contributed by atoms with Gasteiger partial charge in [0, 0.05) is 41.2 Å². The highest BCUT2D eigenvalue weighted by Crippen LogP contribution is 2.49. The van der Waals surface area contributed by atoms with Crippen LogP contribution in [0.25, 0.3) is 17.0 Å². The molecule has 0 bridgehead atoms. The minimum atomic E-state index is -0.395. The Bertz CT molecular complexity index is 1510. The maximum atomic E-state index is 13.2. The first-order valence-electron chi connectivity index (χ1n) is 10.6. The number of fused-ring (bicyclic) bond motifs is 4. The molecule has 0 saturated carbocycles. The fourth-order valence-corrected chi connectivity index (χ4v) is 4.76. The van der Waals surface area contributed by atoms with Crippen LogP contribution in [0.2, 0.25) is 0 Å². The number of hydrogen-bond donors (Lipinski definition) is 1. The summed E-state index contributed by atoms with van der Waals surface area (Å²) >= 11 is 0. The van der Waals surface area contributed by atoms with Crippen LogP contribution in [-0.4, -0.2) is 21.4 Å². The number of para-hydroxylation sites is 1. The van der Waals surface area contributed by atoms with E-state index in [4.69, 9.17) is 9.47 Å². The molecule has 6 rings (SSSR count). The van der Waals surface area contributed by atoms with E-state index >= 15 is 0 Å². The molecule has 4 aromatic rings. The highest BCUT2D eigenvalue weighted by atomic mass is 16.5. The molecule has 1 N–H and O–H groups in total. The highest BCUT2D eigenvalue weighted by Gasteiger charge is 2.38. The average molecular weight is 437 g/mol. The minimum Gasteiger partial charge on any atom is -0.508 e. The lowest BCUT2D eigenvalue weighted by Crippen LogP contribution is -2.21. The largest absolute Gasteiger partial charge is 0.508 e. The maximum absolute atomic E-state index is 13.2. The molecule has 3 aromatic carbocycles. The van der Waals surface area contributed by atoms with Crippen molar-refractivity contribution in [2.24, 2.45) is 7.05 Å². The van der Waals surface area contributed by atoms with Crippen molar-refractivity contribution in [3.8, 4) is 17.2 Å². The van der Waals surface area contributed by atoms with Crippen LogP contribution in [0.15, 0.2) is 72.6 Å². The van der Waals surface area contributed by atoms with E-state index < -0.39 is 5.92 Å². The lowest BCUT2D eigenvalue weighted by atomic mass is 9.84. The normalized spacial score (nSPS) is 18.2. The van der Waals surface area contributed by atoms with E-state index in [9.17, 15) is 14.7 Å². The molecule has 1 unspecified atom stereocenters. The first-order valence-corrected chi connectivity index (χ1v) is 10.6. The molecule has 6 heteroatoms. The number of ketones is 1. The highest BCUT2D eigenvalue weighted by molar-refractivity contribution is 6.15. The third-order valence-electron chi connectivity index (χ3n) is 6.27. The molecule has 1 atom stereocenters. The molecule has 0 spiro atoms. The average Bonchev–Trinajstić information content (AvgIpc) is 3.30. The van der Waals surface area contributed by atoms with Crippen molar-refractivity contribution in [2.45, 2.75) is 12.3 Å². The fraction of sp³-hybridized carbons (Fsp3) is 0.111. The number of benzene rings is 3. The van der Waals surface area contributed by atoms with Gasteiger partial charge >= 0.3 is 5.97 Å². The van der Waals surface area contributed by atoms with Crippen molar-refractivity contribution in [3.63, 3.8) is 0 Å². The molecule has 0 amide bonds. The van der Waals surface area contributed by atoms with Gasteiger partial charge in [0.2, 0.25) is 5.78 Å². The monoisotopic (exact) mass is 437 g/mol. The van der Waals surface area contributed by atoms with Gasteiger partial charge in [0.15, 0.2) is 5.76 Å².